The average molecular weight is 467 g/mol. The van der Waals surface area contributed by atoms with Crippen molar-refractivity contribution in [3.05, 3.63) is 0 Å². The van der Waals surface area contributed by atoms with Crippen LogP contribution < -0.4 is 21.7 Å². The van der Waals surface area contributed by atoms with Crippen LogP contribution in [0, 0.1) is 0 Å². The summed E-state index contributed by atoms with van der Waals surface area (Å²) in [5.74, 6) is -4.85. The molecule has 14 heteroatoms. The van der Waals surface area contributed by atoms with Gasteiger partial charge >= 0.3 is 11.9 Å². The molecule has 0 aliphatic carbocycles. The molecule has 3 amide bonds. The quantitative estimate of drug-likeness (QED) is 0.120. The van der Waals surface area contributed by atoms with Gasteiger partial charge in [0.25, 0.3) is 0 Å². The smallest absolute Gasteiger partial charge is 0.328 e. The van der Waals surface area contributed by atoms with Gasteiger partial charge in [-0.2, -0.15) is 11.8 Å². The lowest BCUT2D eigenvalue weighted by Gasteiger charge is -2.25. The van der Waals surface area contributed by atoms with Gasteiger partial charge in [0.15, 0.2) is 6.04 Å². The van der Waals surface area contributed by atoms with Crippen molar-refractivity contribution in [2.45, 2.75) is 56.5 Å². The van der Waals surface area contributed by atoms with E-state index in [9.17, 15) is 34.2 Å². The number of aliphatic hydroxyl groups excluding tert-OH is 2. The second-order valence-electron chi connectivity index (χ2n) is 6.69. The molecule has 0 aromatic heterocycles. The molecular formula is C17H30N4O9S. The predicted molar refractivity (Wildman–Crippen MR) is 110 cm³/mol. The van der Waals surface area contributed by atoms with E-state index in [1.807, 2.05) is 0 Å². The van der Waals surface area contributed by atoms with Gasteiger partial charge in [0, 0.05) is 6.42 Å². The van der Waals surface area contributed by atoms with Gasteiger partial charge in [0.1, 0.15) is 12.1 Å². The van der Waals surface area contributed by atoms with Gasteiger partial charge in [0.2, 0.25) is 17.7 Å². The Kier molecular flexibility index (Phi) is 13.4. The van der Waals surface area contributed by atoms with Crippen molar-refractivity contribution in [3.63, 3.8) is 0 Å². The van der Waals surface area contributed by atoms with E-state index < -0.39 is 66.5 Å². The molecule has 0 saturated heterocycles. The van der Waals surface area contributed by atoms with E-state index in [0.717, 1.165) is 0 Å². The van der Waals surface area contributed by atoms with Gasteiger partial charge in [-0.1, -0.05) is 0 Å². The Hall–Kier alpha value is -2.42. The summed E-state index contributed by atoms with van der Waals surface area (Å²) < 4.78 is 0. The first kappa shape index (κ1) is 28.6. The molecule has 0 bridgehead atoms. The summed E-state index contributed by atoms with van der Waals surface area (Å²) >= 11 is 1.36. The lowest BCUT2D eigenvalue weighted by molar-refractivity contribution is -0.145. The van der Waals surface area contributed by atoms with Crippen molar-refractivity contribution in [2.24, 2.45) is 5.73 Å². The Bertz CT molecular complexity index is 647. The van der Waals surface area contributed by atoms with Crippen molar-refractivity contribution >= 4 is 41.4 Å². The van der Waals surface area contributed by atoms with Gasteiger partial charge < -0.3 is 42.1 Å². The second kappa shape index (κ2) is 14.6. The molecule has 0 saturated carbocycles. The zero-order valence-corrected chi connectivity index (χ0v) is 18.1. The van der Waals surface area contributed by atoms with Crippen molar-refractivity contribution in [3.8, 4) is 0 Å². The third-order valence-electron chi connectivity index (χ3n) is 4.11. The number of amides is 3. The molecular weight excluding hydrogens is 436 g/mol. The number of nitrogens with one attached hydrogen (secondary N) is 3. The molecule has 9 N–H and O–H groups in total. The average Bonchev–Trinajstić information content (AvgIpc) is 2.69. The summed E-state index contributed by atoms with van der Waals surface area (Å²) in [6, 6.07) is -5.50. The minimum Gasteiger partial charge on any atom is -0.481 e. The maximum Gasteiger partial charge on any atom is 0.328 e. The van der Waals surface area contributed by atoms with E-state index in [1.165, 1.54) is 18.7 Å². The minimum absolute atomic E-state index is 0.106. The van der Waals surface area contributed by atoms with Crippen LogP contribution in [0.25, 0.3) is 0 Å². The fraction of sp³-hybridized carbons (Fsp3) is 0.706. The maximum absolute atomic E-state index is 12.5. The molecule has 13 nitrogen and oxygen atoms in total. The van der Waals surface area contributed by atoms with Crippen LogP contribution in [-0.2, 0) is 24.0 Å². The topological polar surface area (TPSA) is 228 Å². The molecule has 5 unspecified atom stereocenters. The van der Waals surface area contributed by atoms with Crippen molar-refractivity contribution in [2.75, 3.05) is 18.6 Å². The molecule has 0 aliphatic heterocycles. The van der Waals surface area contributed by atoms with Crippen LogP contribution in [0.15, 0.2) is 0 Å². The minimum atomic E-state index is -1.60. The maximum atomic E-state index is 12.5. The number of carboxylic acid groups (broad SMARTS) is 2. The van der Waals surface area contributed by atoms with Crippen LogP contribution >= 0.6 is 11.8 Å². The third kappa shape index (κ3) is 11.0. The first-order chi connectivity index (χ1) is 14.4. The monoisotopic (exact) mass is 466 g/mol. The molecule has 5 atom stereocenters. The molecule has 0 heterocycles. The first-order valence-electron chi connectivity index (χ1n) is 9.33. The molecule has 31 heavy (non-hydrogen) atoms. The standard InChI is InChI=1S/C17H30N4O9S/c1-8(23)13(17(29)30)21-15(27)10(5-6-31-2)19-16(28)11(7-22)20-14(26)9(18)3-4-12(24)25/h8-11,13,22-23H,3-7,18H2,1-2H3,(H,19,28)(H,20,26)(H,21,27)(H,24,25)(H,29,30). The number of hydrogen-bond acceptors (Lipinski definition) is 9. The number of carboxylic acids is 2. The molecule has 0 aromatic rings. The summed E-state index contributed by atoms with van der Waals surface area (Å²) in [5.41, 5.74) is 5.56. The summed E-state index contributed by atoms with van der Waals surface area (Å²) in [6.45, 7) is 0.352. The van der Waals surface area contributed by atoms with Crippen LogP contribution in [0.5, 0.6) is 0 Å². The lowest BCUT2D eigenvalue weighted by Crippen LogP contribution is -2.59. The molecule has 178 valence electrons. The number of carbonyl (C=O) groups is 5. The molecule has 0 aliphatic rings. The van der Waals surface area contributed by atoms with Gasteiger partial charge in [-0.3, -0.25) is 19.2 Å². The highest BCUT2D eigenvalue weighted by molar-refractivity contribution is 7.98. The number of nitrogens with two attached hydrogens (primary N) is 1. The molecule has 0 fully saturated rings. The fourth-order valence-corrected chi connectivity index (χ4v) is 2.77. The molecule has 0 radical (unpaired) electrons. The van der Waals surface area contributed by atoms with Gasteiger partial charge in [-0.25, -0.2) is 4.79 Å². The largest absolute Gasteiger partial charge is 0.481 e. The number of aliphatic carboxylic acids is 2. The number of hydrogen-bond donors (Lipinski definition) is 8. The Morgan fingerprint density at radius 2 is 1.48 bits per heavy atom. The summed E-state index contributed by atoms with van der Waals surface area (Å²) in [6.07, 6.45) is -0.0857. The van der Waals surface area contributed by atoms with E-state index in [4.69, 9.17) is 15.9 Å². The third-order valence-corrected chi connectivity index (χ3v) is 4.76. The van der Waals surface area contributed by atoms with Crippen molar-refractivity contribution < 1.29 is 44.4 Å². The zero-order chi connectivity index (χ0) is 24.1. The van der Waals surface area contributed by atoms with E-state index in [2.05, 4.69) is 16.0 Å². The Balaban J connectivity index is 5.16. The lowest BCUT2D eigenvalue weighted by atomic mass is 10.1. The van der Waals surface area contributed by atoms with E-state index in [-0.39, 0.29) is 19.3 Å². The number of thioether (sulfide) groups is 1. The Morgan fingerprint density at radius 1 is 0.935 bits per heavy atom. The first-order valence-corrected chi connectivity index (χ1v) is 10.7. The summed E-state index contributed by atoms with van der Waals surface area (Å²) in [4.78, 5) is 58.7. The van der Waals surface area contributed by atoms with Crippen LogP contribution in [0.1, 0.15) is 26.2 Å². The molecule has 0 aromatic carbocycles. The summed E-state index contributed by atoms with van der Waals surface area (Å²) in [5, 5.41) is 43.3. The van der Waals surface area contributed by atoms with E-state index >= 15 is 0 Å². The zero-order valence-electron chi connectivity index (χ0n) is 17.2. The van der Waals surface area contributed by atoms with Crippen LogP contribution in [-0.4, -0.2) is 99.0 Å². The van der Waals surface area contributed by atoms with Crippen molar-refractivity contribution in [1.82, 2.24) is 16.0 Å². The number of rotatable bonds is 15. The molecule has 0 spiro atoms. The highest BCUT2D eigenvalue weighted by atomic mass is 32.2. The van der Waals surface area contributed by atoms with Crippen LogP contribution in [0.2, 0.25) is 0 Å². The van der Waals surface area contributed by atoms with Crippen molar-refractivity contribution in [1.29, 1.82) is 0 Å². The Labute approximate surface area is 183 Å². The summed E-state index contributed by atoms with van der Waals surface area (Å²) in [7, 11) is 0. The highest BCUT2D eigenvalue weighted by Crippen LogP contribution is 2.04. The number of aliphatic hydroxyl groups is 2. The second-order valence-corrected chi connectivity index (χ2v) is 7.68. The predicted octanol–water partition coefficient (Wildman–Crippen LogP) is -3.16. The van der Waals surface area contributed by atoms with E-state index in [0.29, 0.717) is 5.75 Å². The SMILES string of the molecule is CSCCC(NC(=O)C(CO)NC(=O)C(N)CCC(=O)O)C(=O)NC(C(=O)O)C(C)O. The highest BCUT2D eigenvalue weighted by Gasteiger charge is 2.31. The number of carbonyl (C=O) groups excluding carboxylic acids is 3. The molecule has 0 rings (SSSR count). The Morgan fingerprint density at radius 3 is 1.94 bits per heavy atom. The normalized spacial score (nSPS) is 15.6. The van der Waals surface area contributed by atoms with Gasteiger partial charge in [-0.15, -0.1) is 0 Å². The van der Waals surface area contributed by atoms with Crippen LogP contribution in [0.4, 0.5) is 0 Å². The van der Waals surface area contributed by atoms with E-state index in [1.54, 1.807) is 6.26 Å². The van der Waals surface area contributed by atoms with Gasteiger partial charge in [0.05, 0.1) is 18.8 Å². The fourth-order valence-electron chi connectivity index (χ4n) is 2.30. The van der Waals surface area contributed by atoms with Gasteiger partial charge in [-0.05, 0) is 31.8 Å². The van der Waals surface area contributed by atoms with Crippen LogP contribution in [0.3, 0.4) is 0 Å².